The van der Waals surface area contributed by atoms with E-state index in [1.165, 1.54) is 54.6 Å². The lowest BCUT2D eigenvalue weighted by molar-refractivity contribution is -0.146. The van der Waals surface area contributed by atoms with Crippen molar-refractivity contribution < 1.29 is 27.9 Å². The zero-order valence-corrected chi connectivity index (χ0v) is 21.8. The zero-order chi connectivity index (χ0) is 29.5. The molecule has 214 valence electrons. The molecule has 1 saturated heterocycles. The molecule has 17 heteroatoms. The van der Waals surface area contributed by atoms with Crippen LogP contribution in [-0.4, -0.2) is 90.0 Å². The molecule has 5 heterocycles. The summed E-state index contributed by atoms with van der Waals surface area (Å²) in [6.45, 7) is 1.35. The van der Waals surface area contributed by atoms with Crippen molar-refractivity contribution >= 4 is 29.4 Å². The Bertz CT molecular complexity index is 1500. The van der Waals surface area contributed by atoms with E-state index in [0.29, 0.717) is 12.0 Å². The first-order valence-corrected chi connectivity index (χ1v) is 12.5. The molecule has 3 atom stereocenters. The maximum Gasteiger partial charge on any atom is 0.408 e. The van der Waals surface area contributed by atoms with Gasteiger partial charge in [-0.15, -0.1) is 0 Å². The van der Waals surface area contributed by atoms with Crippen LogP contribution in [0.15, 0.2) is 31.1 Å². The zero-order valence-electron chi connectivity index (χ0n) is 21.8. The number of hydrogen-bond acceptors (Lipinski definition) is 11. The van der Waals surface area contributed by atoms with E-state index in [-0.39, 0.29) is 48.5 Å². The van der Waals surface area contributed by atoms with Crippen LogP contribution in [0.25, 0.3) is 11.3 Å². The van der Waals surface area contributed by atoms with Gasteiger partial charge in [0.2, 0.25) is 18.2 Å². The predicted octanol–water partition coefficient (Wildman–Crippen LogP) is 1.55. The van der Waals surface area contributed by atoms with Crippen LogP contribution >= 0.6 is 0 Å². The third-order valence-electron chi connectivity index (χ3n) is 6.94. The number of carbonyl (C=O) groups excluding carboxylic acids is 2. The van der Waals surface area contributed by atoms with Gasteiger partial charge < -0.3 is 24.8 Å². The van der Waals surface area contributed by atoms with Crippen LogP contribution in [0.3, 0.4) is 0 Å². The van der Waals surface area contributed by atoms with Crippen molar-refractivity contribution in [3.05, 3.63) is 36.8 Å². The molecular weight excluding hydrogens is 547 g/mol. The highest BCUT2D eigenvalue weighted by Crippen LogP contribution is 2.35. The fraction of sp³-hybridized carbons (Fsp3) is 0.417. The van der Waals surface area contributed by atoms with Gasteiger partial charge >= 0.3 is 6.18 Å². The van der Waals surface area contributed by atoms with Gasteiger partial charge in [-0.05, 0) is 19.8 Å². The number of rotatable bonds is 6. The first-order chi connectivity index (χ1) is 19.5. The third kappa shape index (κ3) is 5.09. The summed E-state index contributed by atoms with van der Waals surface area (Å²) < 4.78 is 41.3. The summed E-state index contributed by atoms with van der Waals surface area (Å²) in [7, 11) is 1.50. The van der Waals surface area contributed by atoms with Crippen LogP contribution in [0.4, 0.5) is 30.8 Å². The summed E-state index contributed by atoms with van der Waals surface area (Å²) in [5, 5.41) is 22.0. The van der Waals surface area contributed by atoms with E-state index in [9.17, 15) is 27.9 Å². The molecule has 2 aliphatic rings. The molecule has 0 aromatic carbocycles. The smallest absolute Gasteiger partial charge is 0.356 e. The largest absolute Gasteiger partial charge is 0.408 e. The Morgan fingerprint density at radius 2 is 1.98 bits per heavy atom. The van der Waals surface area contributed by atoms with Crippen molar-refractivity contribution in [3.63, 3.8) is 0 Å². The highest BCUT2D eigenvalue weighted by atomic mass is 19.4. The Balaban J connectivity index is 1.32. The number of hydrogen-bond donors (Lipinski definition) is 2. The van der Waals surface area contributed by atoms with E-state index in [0.717, 1.165) is 9.80 Å². The van der Waals surface area contributed by atoms with Crippen LogP contribution in [0, 0.1) is 11.3 Å². The SMILES string of the molecule is C[C@@H](C(=O)Nc1cncc(-c2cnc(N3CCC[C@@H]3C(F)(F)F)nc2)n1)n1cnc2c1C(=O)N(CC#N)C(O)N2C. The van der Waals surface area contributed by atoms with Crippen molar-refractivity contribution in [2.75, 3.05) is 35.3 Å². The van der Waals surface area contributed by atoms with E-state index in [1.807, 2.05) is 6.07 Å². The highest BCUT2D eigenvalue weighted by molar-refractivity contribution is 6.01. The number of aromatic nitrogens is 6. The number of aliphatic hydroxyl groups is 1. The van der Waals surface area contributed by atoms with Crippen molar-refractivity contribution in [2.24, 2.45) is 0 Å². The molecule has 3 aromatic rings. The molecule has 3 aromatic heterocycles. The van der Waals surface area contributed by atoms with Gasteiger partial charge in [-0.3, -0.25) is 19.5 Å². The number of aliphatic hydroxyl groups excluding tert-OH is 1. The van der Waals surface area contributed by atoms with Gasteiger partial charge in [0.1, 0.15) is 18.6 Å². The minimum Gasteiger partial charge on any atom is -0.356 e. The Labute approximate surface area is 231 Å². The molecule has 2 aliphatic heterocycles. The fourth-order valence-electron chi connectivity index (χ4n) is 4.77. The average molecular weight is 572 g/mol. The summed E-state index contributed by atoms with van der Waals surface area (Å²) in [6.07, 6.45) is 1.25. The van der Waals surface area contributed by atoms with Gasteiger partial charge in [0.15, 0.2) is 17.3 Å². The number of nitriles is 1. The molecule has 0 radical (unpaired) electrons. The molecule has 5 rings (SSSR count). The second-order valence-corrected chi connectivity index (χ2v) is 9.49. The fourth-order valence-corrected chi connectivity index (χ4v) is 4.77. The standard InChI is InChI=1S/C24H24F3N11O3/c1-13(38-12-32-19-18(38)21(40)37(7-5-28)23(41)35(19)2)20(39)34-17-11-29-10-15(33-17)14-8-30-22(31-9-14)36-6-3-4-16(36)24(25,26)27/h8-13,16,23,41H,3-4,6-7H2,1-2H3,(H,33,34,39)/t13-,16+,23?/m0/s1. The van der Waals surface area contributed by atoms with Crippen molar-refractivity contribution in [1.29, 1.82) is 5.26 Å². The van der Waals surface area contributed by atoms with Gasteiger partial charge in [0.25, 0.3) is 5.91 Å². The Kier molecular flexibility index (Phi) is 7.17. The van der Waals surface area contributed by atoms with Crippen LogP contribution < -0.4 is 15.1 Å². The van der Waals surface area contributed by atoms with Crippen LogP contribution in [0.5, 0.6) is 0 Å². The quantitative estimate of drug-likeness (QED) is 0.412. The molecular formula is C24H24F3N11O3. The van der Waals surface area contributed by atoms with Gasteiger partial charge in [-0.25, -0.2) is 19.9 Å². The molecule has 41 heavy (non-hydrogen) atoms. The molecule has 0 aliphatic carbocycles. The summed E-state index contributed by atoms with van der Waals surface area (Å²) in [4.78, 5) is 50.3. The average Bonchev–Trinajstić information content (AvgIpc) is 3.62. The summed E-state index contributed by atoms with van der Waals surface area (Å²) in [5.41, 5.74) is 0.675. The minimum atomic E-state index is -4.38. The number of amides is 2. The lowest BCUT2D eigenvalue weighted by Crippen LogP contribution is -2.54. The lowest BCUT2D eigenvalue weighted by Gasteiger charge is -2.37. The maximum absolute atomic E-state index is 13.3. The van der Waals surface area contributed by atoms with E-state index in [1.54, 1.807) is 0 Å². The van der Waals surface area contributed by atoms with Crippen molar-refractivity contribution in [2.45, 2.75) is 44.4 Å². The third-order valence-corrected chi connectivity index (χ3v) is 6.94. The lowest BCUT2D eigenvalue weighted by atomic mass is 10.2. The van der Waals surface area contributed by atoms with Crippen molar-refractivity contribution in [1.82, 2.24) is 34.4 Å². The predicted molar refractivity (Wildman–Crippen MR) is 136 cm³/mol. The van der Waals surface area contributed by atoms with Gasteiger partial charge in [-0.1, -0.05) is 0 Å². The highest BCUT2D eigenvalue weighted by Gasteiger charge is 2.47. The van der Waals surface area contributed by atoms with E-state index < -0.39 is 36.4 Å². The first-order valence-electron chi connectivity index (χ1n) is 12.5. The number of nitrogens with one attached hydrogen (secondary N) is 1. The monoisotopic (exact) mass is 571 g/mol. The van der Waals surface area contributed by atoms with Crippen molar-refractivity contribution in [3.8, 4) is 17.3 Å². The Morgan fingerprint density at radius 1 is 1.24 bits per heavy atom. The number of fused-ring (bicyclic) bond motifs is 1. The molecule has 1 unspecified atom stereocenters. The second kappa shape index (κ2) is 10.6. The number of alkyl halides is 3. The van der Waals surface area contributed by atoms with E-state index in [4.69, 9.17) is 5.26 Å². The summed E-state index contributed by atoms with van der Waals surface area (Å²) in [6, 6.07) is -0.767. The summed E-state index contributed by atoms with van der Waals surface area (Å²) in [5.74, 6) is -1.05. The Morgan fingerprint density at radius 3 is 2.66 bits per heavy atom. The van der Waals surface area contributed by atoms with E-state index in [2.05, 4.69) is 30.2 Å². The normalized spacial score (nSPS) is 19.6. The maximum atomic E-state index is 13.3. The molecule has 0 saturated carbocycles. The number of halogens is 3. The van der Waals surface area contributed by atoms with Crippen LogP contribution in [0.1, 0.15) is 36.3 Å². The first kappa shape index (κ1) is 27.7. The molecule has 0 bridgehead atoms. The second-order valence-electron chi connectivity index (χ2n) is 9.49. The topological polar surface area (TPSA) is 169 Å². The molecule has 14 nitrogen and oxygen atoms in total. The Hall–Kier alpha value is -4.85. The van der Waals surface area contributed by atoms with Crippen LogP contribution in [-0.2, 0) is 4.79 Å². The van der Waals surface area contributed by atoms with Gasteiger partial charge in [0.05, 0.1) is 30.5 Å². The molecule has 1 fully saturated rings. The number of nitrogens with zero attached hydrogens (tertiary/aromatic N) is 10. The van der Waals surface area contributed by atoms with Gasteiger partial charge in [0, 0.05) is 31.5 Å². The van der Waals surface area contributed by atoms with E-state index >= 15 is 0 Å². The minimum absolute atomic E-state index is 0.0208. The number of carbonyl (C=O) groups is 2. The molecule has 2 amide bonds. The number of anilines is 3. The van der Waals surface area contributed by atoms with Gasteiger partial charge in [-0.2, -0.15) is 18.4 Å². The summed E-state index contributed by atoms with van der Waals surface area (Å²) >= 11 is 0. The number of imidazole rings is 1. The van der Waals surface area contributed by atoms with Crippen LogP contribution in [0.2, 0.25) is 0 Å². The molecule has 0 spiro atoms. The molecule has 2 N–H and O–H groups in total.